The van der Waals surface area contributed by atoms with Gasteiger partial charge in [-0.1, -0.05) is 0 Å². The normalized spacial score (nSPS) is 26.3. The molecule has 0 aromatic carbocycles. The maximum Gasteiger partial charge on any atom is 0.304 e. The fraction of sp³-hybridized carbons (Fsp3) is 0.600. The largest absolute Gasteiger partial charge is 0.481 e. The van der Waals surface area contributed by atoms with Gasteiger partial charge in [0.25, 0.3) is 5.91 Å². The fourth-order valence-electron chi connectivity index (χ4n) is 3.52. The minimum atomic E-state index is -3.22. The third kappa shape index (κ3) is 3.47. The van der Waals surface area contributed by atoms with Crippen molar-refractivity contribution in [1.82, 2.24) is 9.80 Å². The predicted octanol–water partition coefficient (Wildman–Crippen LogP) is 0.455. The number of aryl methyl sites for hydroxylation is 1. The number of hydrogen-bond acceptors (Lipinski definition) is 6. The first kappa shape index (κ1) is 17.4. The molecule has 7 nitrogen and oxygen atoms in total. The number of amides is 1. The number of fused-ring (bicyclic) bond motifs is 1. The first-order chi connectivity index (χ1) is 11.3. The zero-order valence-electron chi connectivity index (χ0n) is 13.3. The van der Waals surface area contributed by atoms with Crippen LogP contribution in [-0.2, 0) is 14.6 Å². The molecule has 3 rings (SSSR count). The number of carboxylic acid groups (broad SMARTS) is 1. The second kappa shape index (κ2) is 6.45. The van der Waals surface area contributed by atoms with E-state index in [1.54, 1.807) is 10.3 Å². The smallest absolute Gasteiger partial charge is 0.304 e. The Morgan fingerprint density at radius 1 is 1.29 bits per heavy atom. The molecule has 2 aliphatic rings. The third-order valence-electron chi connectivity index (χ3n) is 4.64. The van der Waals surface area contributed by atoms with Crippen LogP contribution in [0.1, 0.15) is 21.7 Å². The van der Waals surface area contributed by atoms with E-state index in [0.717, 1.165) is 4.88 Å². The van der Waals surface area contributed by atoms with Gasteiger partial charge in [0, 0.05) is 35.9 Å². The number of thiophene rings is 1. The minimum absolute atomic E-state index is 0.0102. The summed E-state index contributed by atoms with van der Waals surface area (Å²) < 4.78 is 24.2. The molecule has 1 aromatic rings. The molecule has 9 heteroatoms. The molecule has 0 aliphatic carbocycles. The van der Waals surface area contributed by atoms with Crippen LogP contribution < -0.4 is 0 Å². The second-order valence-electron chi connectivity index (χ2n) is 6.34. The molecule has 0 saturated carbocycles. The van der Waals surface area contributed by atoms with Crippen molar-refractivity contribution < 1.29 is 23.1 Å². The van der Waals surface area contributed by atoms with Crippen molar-refractivity contribution in [2.24, 2.45) is 0 Å². The average Bonchev–Trinajstić information content (AvgIpc) is 3.06. The van der Waals surface area contributed by atoms with Crippen molar-refractivity contribution >= 4 is 33.1 Å². The molecule has 0 spiro atoms. The van der Waals surface area contributed by atoms with Crippen molar-refractivity contribution in [1.29, 1.82) is 0 Å². The van der Waals surface area contributed by atoms with Gasteiger partial charge in [-0.3, -0.25) is 14.5 Å². The molecule has 24 heavy (non-hydrogen) atoms. The standard InChI is InChI=1S/C15H20N2O5S2/c1-10-6-11(7-23-10)15(20)17-5-4-16(3-2-14(18)19)12-8-24(21,22)9-13(12)17/h6-7,12-13H,2-5,8-9H2,1H3,(H,18,19). The Balaban J connectivity index is 1.81. The van der Waals surface area contributed by atoms with Crippen LogP contribution in [0.4, 0.5) is 0 Å². The zero-order valence-corrected chi connectivity index (χ0v) is 15.0. The first-order valence-corrected chi connectivity index (χ1v) is 10.5. The van der Waals surface area contributed by atoms with Crippen LogP contribution in [0.25, 0.3) is 0 Å². The number of carbonyl (C=O) groups is 2. The van der Waals surface area contributed by atoms with Gasteiger partial charge in [-0.15, -0.1) is 11.3 Å². The number of carbonyl (C=O) groups excluding carboxylic acids is 1. The molecule has 2 aliphatic heterocycles. The summed E-state index contributed by atoms with van der Waals surface area (Å²) in [5.41, 5.74) is 0.597. The Hall–Kier alpha value is -1.45. The van der Waals surface area contributed by atoms with Gasteiger partial charge in [-0.05, 0) is 13.0 Å². The molecule has 1 aromatic heterocycles. The molecule has 0 bridgehead atoms. The molecule has 3 heterocycles. The van der Waals surface area contributed by atoms with Gasteiger partial charge < -0.3 is 10.0 Å². The van der Waals surface area contributed by atoms with Crippen LogP contribution in [0, 0.1) is 6.92 Å². The van der Waals surface area contributed by atoms with E-state index < -0.39 is 21.8 Å². The van der Waals surface area contributed by atoms with Crippen LogP contribution in [0.3, 0.4) is 0 Å². The molecule has 2 atom stereocenters. The molecule has 2 fully saturated rings. The highest BCUT2D eigenvalue weighted by atomic mass is 32.2. The van der Waals surface area contributed by atoms with E-state index >= 15 is 0 Å². The molecule has 1 amide bonds. The molecule has 132 valence electrons. The molecule has 1 N–H and O–H groups in total. The maximum atomic E-state index is 12.8. The van der Waals surface area contributed by atoms with Gasteiger partial charge in [-0.2, -0.15) is 0 Å². The molecular weight excluding hydrogens is 352 g/mol. The number of aliphatic carboxylic acids is 1. The zero-order chi connectivity index (χ0) is 17.5. The van der Waals surface area contributed by atoms with Crippen LogP contribution in [-0.4, -0.2) is 78.4 Å². The number of sulfone groups is 1. The van der Waals surface area contributed by atoms with Crippen molar-refractivity contribution in [2.45, 2.75) is 25.4 Å². The summed E-state index contributed by atoms with van der Waals surface area (Å²) in [6, 6.07) is 1.11. The summed E-state index contributed by atoms with van der Waals surface area (Å²) >= 11 is 1.49. The predicted molar refractivity (Wildman–Crippen MR) is 90.1 cm³/mol. The summed E-state index contributed by atoms with van der Waals surface area (Å²) in [6.07, 6.45) is -0.0268. The monoisotopic (exact) mass is 372 g/mol. The van der Waals surface area contributed by atoms with Crippen LogP contribution in [0.15, 0.2) is 11.4 Å². The van der Waals surface area contributed by atoms with Gasteiger partial charge in [0.15, 0.2) is 9.84 Å². The Kier molecular flexibility index (Phi) is 4.67. The third-order valence-corrected chi connectivity index (χ3v) is 7.20. The summed E-state index contributed by atoms with van der Waals surface area (Å²) in [6.45, 7) is 3.16. The highest BCUT2D eigenvalue weighted by Gasteiger charge is 2.48. The topological polar surface area (TPSA) is 95.0 Å². The Labute approximate surface area is 144 Å². The van der Waals surface area contributed by atoms with Gasteiger partial charge in [0.1, 0.15) is 0 Å². The number of rotatable bonds is 4. The summed E-state index contributed by atoms with van der Waals surface area (Å²) in [5.74, 6) is -1.09. The van der Waals surface area contributed by atoms with Crippen LogP contribution in [0.2, 0.25) is 0 Å². The van der Waals surface area contributed by atoms with Crippen molar-refractivity contribution in [3.8, 4) is 0 Å². The van der Waals surface area contributed by atoms with Crippen molar-refractivity contribution in [2.75, 3.05) is 31.1 Å². The van der Waals surface area contributed by atoms with Gasteiger partial charge in [0.05, 0.1) is 29.5 Å². The number of carboxylic acids is 1. The molecule has 0 radical (unpaired) electrons. The van der Waals surface area contributed by atoms with E-state index in [0.29, 0.717) is 25.2 Å². The van der Waals surface area contributed by atoms with Crippen molar-refractivity contribution in [3.63, 3.8) is 0 Å². The SMILES string of the molecule is Cc1cc(C(=O)N2CCN(CCC(=O)O)C3CS(=O)(=O)CC32)cs1. The van der Waals surface area contributed by atoms with Crippen molar-refractivity contribution in [3.05, 3.63) is 21.9 Å². The lowest BCUT2D eigenvalue weighted by Gasteiger charge is -2.43. The quantitative estimate of drug-likeness (QED) is 0.825. The highest BCUT2D eigenvalue weighted by Crippen LogP contribution is 2.29. The Morgan fingerprint density at radius 2 is 2.00 bits per heavy atom. The lowest BCUT2D eigenvalue weighted by atomic mass is 10.0. The van der Waals surface area contributed by atoms with E-state index in [4.69, 9.17) is 5.11 Å². The summed E-state index contributed by atoms with van der Waals surface area (Å²) in [5, 5.41) is 10.7. The lowest BCUT2D eigenvalue weighted by molar-refractivity contribution is -0.137. The van der Waals surface area contributed by atoms with E-state index in [-0.39, 0.29) is 29.9 Å². The highest BCUT2D eigenvalue weighted by molar-refractivity contribution is 7.91. The van der Waals surface area contributed by atoms with E-state index in [2.05, 4.69) is 0 Å². The number of nitrogens with zero attached hydrogens (tertiary/aromatic N) is 2. The van der Waals surface area contributed by atoms with E-state index in [1.165, 1.54) is 11.3 Å². The number of piperazine rings is 1. The Bertz CT molecular complexity index is 758. The fourth-order valence-corrected chi connectivity index (χ4v) is 6.20. The summed E-state index contributed by atoms with van der Waals surface area (Å²) in [7, 11) is -3.22. The molecule has 2 saturated heterocycles. The number of hydrogen-bond donors (Lipinski definition) is 1. The van der Waals surface area contributed by atoms with E-state index in [1.807, 2.05) is 17.9 Å². The first-order valence-electron chi connectivity index (χ1n) is 7.79. The van der Waals surface area contributed by atoms with Crippen LogP contribution in [0.5, 0.6) is 0 Å². The Morgan fingerprint density at radius 3 is 2.62 bits per heavy atom. The second-order valence-corrected chi connectivity index (χ2v) is 9.61. The summed E-state index contributed by atoms with van der Waals surface area (Å²) in [4.78, 5) is 28.2. The molecular formula is C15H20N2O5S2. The van der Waals surface area contributed by atoms with Gasteiger partial charge in [-0.25, -0.2) is 8.42 Å². The van der Waals surface area contributed by atoms with Gasteiger partial charge >= 0.3 is 5.97 Å². The lowest BCUT2D eigenvalue weighted by Crippen LogP contribution is -2.60. The minimum Gasteiger partial charge on any atom is -0.481 e. The van der Waals surface area contributed by atoms with Gasteiger partial charge in [0.2, 0.25) is 0 Å². The molecule has 2 unspecified atom stereocenters. The van der Waals surface area contributed by atoms with E-state index in [9.17, 15) is 18.0 Å². The maximum absolute atomic E-state index is 12.8. The van der Waals surface area contributed by atoms with Crippen LogP contribution >= 0.6 is 11.3 Å². The average molecular weight is 372 g/mol.